The fraction of sp³-hybridized carbons (Fsp3) is 0.421. The first kappa shape index (κ1) is 14.9. The van der Waals surface area contributed by atoms with Crippen LogP contribution in [0.1, 0.15) is 36.3 Å². The quantitative estimate of drug-likeness (QED) is 0.704. The van der Waals surface area contributed by atoms with Gasteiger partial charge in [-0.3, -0.25) is 4.90 Å². The second-order valence-electron chi connectivity index (χ2n) is 6.40. The van der Waals surface area contributed by atoms with Crippen LogP contribution in [0.5, 0.6) is 0 Å². The summed E-state index contributed by atoms with van der Waals surface area (Å²) in [6, 6.07) is 8.79. The number of thiazole rings is 1. The van der Waals surface area contributed by atoms with Crippen LogP contribution in [-0.2, 0) is 13.1 Å². The highest BCUT2D eigenvalue weighted by Crippen LogP contribution is 2.30. The number of hydrogen-bond acceptors (Lipinski definition) is 3. The van der Waals surface area contributed by atoms with Gasteiger partial charge in [-0.05, 0) is 37.9 Å². The van der Waals surface area contributed by atoms with Crippen molar-refractivity contribution in [2.24, 2.45) is 0 Å². The van der Waals surface area contributed by atoms with Crippen LogP contribution in [0.3, 0.4) is 0 Å². The molecule has 4 rings (SSSR count). The van der Waals surface area contributed by atoms with Gasteiger partial charge in [0.05, 0.1) is 5.01 Å². The van der Waals surface area contributed by atoms with E-state index in [4.69, 9.17) is 0 Å². The van der Waals surface area contributed by atoms with Gasteiger partial charge in [0.1, 0.15) is 0 Å². The molecular weight excluding hydrogens is 302 g/mol. The molecule has 0 radical (unpaired) electrons. The summed E-state index contributed by atoms with van der Waals surface area (Å²) < 4.78 is 2.37. The minimum atomic E-state index is 0.614. The SMILES string of the molecule is CCn1cc(CN2CCCC(c3nccs3)C2)c2ccccc21. The number of likely N-dealkylation sites (tertiary alicyclic amines) is 1. The third-order valence-electron chi connectivity index (χ3n) is 4.91. The molecule has 2 aromatic heterocycles. The topological polar surface area (TPSA) is 21.1 Å². The Morgan fingerprint density at radius 2 is 2.22 bits per heavy atom. The lowest BCUT2D eigenvalue weighted by atomic mass is 9.98. The van der Waals surface area contributed by atoms with Crippen LogP contribution in [0, 0.1) is 0 Å². The fourth-order valence-electron chi connectivity index (χ4n) is 3.79. The monoisotopic (exact) mass is 325 g/mol. The van der Waals surface area contributed by atoms with E-state index in [2.05, 4.69) is 57.2 Å². The zero-order chi connectivity index (χ0) is 15.6. The van der Waals surface area contributed by atoms with E-state index in [1.165, 1.54) is 40.9 Å². The zero-order valence-electron chi connectivity index (χ0n) is 13.6. The average Bonchev–Trinajstić information content (AvgIpc) is 3.24. The molecule has 1 saturated heterocycles. The second-order valence-corrected chi connectivity index (χ2v) is 7.33. The van der Waals surface area contributed by atoms with Crippen LogP contribution in [0.15, 0.2) is 42.0 Å². The number of rotatable bonds is 4. The second kappa shape index (κ2) is 6.46. The van der Waals surface area contributed by atoms with Crippen molar-refractivity contribution in [3.63, 3.8) is 0 Å². The molecule has 0 N–H and O–H groups in total. The zero-order valence-corrected chi connectivity index (χ0v) is 14.4. The average molecular weight is 325 g/mol. The summed E-state index contributed by atoms with van der Waals surface area (Å²) in [6.45, 7) is 6.64. The minimum absolute atomic E-state index is 0.614. The molecule has 1 unspecified atom stereocenters. The Morgan fingerprint density at radius 1 is 1.30 bits per heavy atom. The highest BCUT2D eigenvalue weighted by atomic mass is 32.1. The number of hydrogen-bond donors (Lipinski definition) is 0. The van der Waals surface area contributed by atoms with Crippen molar-refractivity contribution in [2.75, 3.05) is 13.1 Å². The van der Waals surface area contributed by atoms with Gasteiger partial charge in [0.15, 0.2) is 0 Å². The Morgan fingerprint density at radius 3 is 3.04 bits per heavy atom. The number of piperidine rings is 1. The van der Waals surface area contributed by atoms with Crippen molar-refractivity contribution < 1.29 is 0 Å². The lowest BCUT2D eigenvalue weighted by Gasteiger charge is -2.31. The molecule has 4 heteroatoms. The maximum Gasteiger partial charge on any atom is 0.0968 e. The van der Waals surface area contributed by atoms with Crippen molar-refractivity contribution in [1.29, 1.82) is 0 Å². The fourth-order valence-corrected chi connectivity index (χ4v) is 4.56. The third kappa shape index (κ3) is 2.93. The number of para-hydroxylation sites is 1. The van der Waals surface area contributed by atoms with Gasteiger partial charge in [0.2, 0.25) is 0 Å². The van der Waals surface area contributed by atoms with E-state index in [0.717, 1.165) is 19.6 Å². The smallest absolute Gasteiger partial charge is 0.0968 e. The molecule has 1 aromatic carbocycles. The number of aromatic nitrogens is 2. The summed E-state index contributed by atoms with van der Waals surface area (Å²) in [5.74, 6) is 0.614. The van der Waals surface area contributed by atoms with Gasteiger partial charge in [0, 0.05) is 54.2 Å². The molecule has 0 aliphatic carbocycles. The van der Waals surface area contributed by atoms with Crippen molar-refractivity contribution in [2.45, 2.75) is 38.8 Å². The number of nitrogens with zero attached hydrogens (tertiary/aromatic N) is 3. The highest BCUT2D eigenvalue weighted by Gasteiger charge is 2.23. The molecule has 1 fully saturated rings. The summed E-state index contributed by atoms with van der Waals surface area (Å²) in [4.78, 5) is 7.14. The Balaban J connectivity index is 1.56. The molecule has 0 bridgehead atoms. The molecule has 0 saturated carbocycles. The van der Waals surface area contributed by atoms with Gasteiger partial charge in [-0.15, -0.1) is 11.3 Å². The van der Waals surface area contributed by atoms with Gasteiger partial charge < -0.3 is 4.57 Å². The predicted octanol–water partition coefficient (Wildman–Crippen LogP) is 4.50. The first-order valence-corrected chi connectivity index (χ1v) is 9.41. The lowest BCUT2D eigenvalue weighted by Crippen LogP contribution is -2.33. The summed E-state index contributed by atoms with van der Waals surface area (Å²) >= 11 is 1.81. The Hall–Kier alpha value is -1.65. The number of benzene rings is 1. The van der Waals surface area contributed by atoms with Gasteiger partial charge >= 0.3 is 0 Å². The van der Waals surface area contributed by atoms with E-state index in [1.54, 1.807) is 11.3 Å². The van der Waals surface area contributed by atoms with Crippen molar-refractivity contribution >= 4 is 22.2 Å². The molecule has 0 amide bonds. The van der Waals surface area contributed by atoms with Crippen LogP contribution in [0.2, 0.25) is 0 Å². The van der Waals surface area contributed by atoms with Crippen LogP contribution in [0.4, 0.5) is 0 Å². The largest absolute Gasteiger partial charge is 0.347 e. The van der Waals surface area contributed by atoms with Crippen molar-refractivity contribution in [3.8, 4) is 0 Å². The van der Waals surface area contributed by atoms with Gasteiger partial charge in [-0.2, -0.15) is 0 Å². The van der Waals surface area contributed by atoms with Crippen LogP contribution in [0.25, 0.3) is 10.9 Å². The first-order chi connectivity index (χ1) is 11.3. The van der Waals surface area contributed by atoms with E-state index in [-0.39, 0.29) is 0 Å². The predicted molar refractivity (Wildman–Crippen MR) is 97.0 cm³/mol. The Kier molecular flexibility index (Phi) is 4.19. The van der Waals surface area contributed by atoms with E-state index in [0.29, 0.717) is 5.92 Å². The van der Waals surface area contributed by atoms with Crippen LogP contribution < -0.4 is 0 Å². The Labute approximate surface area is 141 Å². The molecular formula is C19H23N3S. The standard InChI is InChI=1S/C19H23N3S/c1-2-22-14-16(17-7-3-4-8-18(17)22)13-21-10-5-6-15(12-21)19-20-9-11-23-19/h3-4,7-9,11,14-15H,2,5-6,10,12-13H2,1H3. The van der Waals surface area contributed by atoms with E-state index in [1.807, 2.05) is 6.20 Å². The molecule has 1 atom stereocenters. The first-order valence-electron chi connectivity index (χ1n) is 8.53. The lowest BCUT2D eigenvalue weighted by molar-refractivity contribution is 0.200. The Bertz CT molecular complexity index is 775. The molecule has 3 heterocycles. The van der Waals surface area contributed by atoms with Crippen molar-refractivity contribution in [3.05, 3.63) is 52.6 Å². The summed E-state index contributed by atoms with van der Waals surface area (Å²) in [5, 5.41) is 4.82. The van der Waals surface area contributed by atoms with Gasteiger partial charge in [-0.1, -0.05) is 18.2 Å². The molecule has 1 aliphatic heterocycles. The van der Waals surface area contributed by atoms with Crippen LogP contribution in [-0.4, -0.2) is 27.5 Å². The van der Waals surface area contributed by atoms with E-state index in [9.17, 15) is 0 Å². The van der Waals surface area contributed by atoms with E-state index >= 15 is 0 Å². The third-order valence-corrected chi connectivity index (χ3v) is 5.85. The van der Waals surface area contributed by atoms with Gasteiger partial charge in [-0.25, -0.2) is 4.98 Å². The maximum atomic E-state index is 4.54. The molecule has 3 aromatic rings. The summed E-state index contributed by atoms with van der Waals surface area (Å²) in [5.41, 5.74) is 2.82. The van der Waals surface area contributed by atoms with Crippen molar-refractivity contribution in [1.82, 2.24) is 14.5 Å². The molecule has 120 valence electrons. The van der Waals surface area contributed by atoms with Crippen LogP contribution >= 0.6 is 11.3 Å². The molecule has 1 aliphatic rings. The normalized spacial score (nSPS) is 19.4. The maximum absolute atomic E-state index is 4.54. The van der Waals surface area contributed by atoms with E-state index < -0.39 is 0 Å². The number of aryl methyl sites for hydroxylation is 1. The highest BCUT2D eigenvalue weighted by molar-refractivity contribution is 7.09. The summed E-state index contributed by atoms with van der Waals surface area (Å²) in [7, 11) is 0. The minimum Gasteiger partial charge on any atom is -0.347 e. The molecule has 23 heavy (non-hydrogen) atoms. The van der Waals surface area contributed by atoms with Gasteiger partial charge in [0.25, 0.3) is 0 Å². The molecule has 0 spiro atoms. The molecule has 3 nitrogen and oxygen atoms in total. The number of fused-ring (bicyclic) bond motifs is 1. The summed E-state index contributed by atoms with van der Waals surface area (Å²) in [6.07, 6.45) is 6.84.